The van der Waals surface area contributed by atoms with Crippen molar-refractivity contribution in [2.75, 3.05) is 20.8 Å². The van der Waals surface area contributed by atoms with Crippen LogP contribution < -0.4 is 16.0 Å². The van der Waals surface area contributed by atoms with E-state index < -0.39 is 0 Å². The van der Waals surface area contributed by atoms with Gasteiger partial charge in [0.2, 0.25) is 0 Å². The maximum Gasteiger partial charge on any atom is 0.133 e. The highest BCUT2D eigenvalue weighted by Crippen LogP contribution is 2.26. The van der Waals surface area contributed by atoms with Crippen LogP contribution in [0.3, 0.4) is 0 Å². The summed E-state index contributed by atoms with van der Waals surface area (Å²) in [5.74, 6) is 6.95. The third kappa shape index (κ3) is 5.48. The number of nitrogens with one attached hydrogen (secondary N) is 1. The second-order valence-electron chi connectivity index (χ2n) is 4.83. The molecule has 1 rings (SSSR count). The molecule has 0 amide bonds. The van der Waals surface area contributed by atoms with Crippen molar-refractivity contribution < 1.29 is 9.47 Å². The van der Waals surface area contributed by atoms with E-state index in [0.29, 0.717) is 5.92 Å². The summed E-state index contributed by atoms with van der Waals surface area (Å²) < 4.78 is 11.3. The standard InChI is InChI=1S/C14H23BrN2O2/c1-10(9-18-2)6-12(17-16)7-11-4-5-14(19-3)13(15)8-11/h4-5,8,10,12,17H,6-7,9,16H2,1-3H3. The maximum absolute atomic E-state index is 5.63. The fraction of sp³-hybridized carbons (Fsp3) is 0.571. The van der Waals surface area contributed by atoms with Crippen LogP contribution >= 0.6 is 15.9 Å². The van der Waals surface area contributed by atoms with Gasteiger partial charge in [-0.2, -0.15) is 0 Å². The zero-order valence-corrected chi connectivity index (χ0v) is 13.4. The summed E-state index contributed by atoms with van der Waals surface area (Å²) in [7, 11) is 3.39. The number of methoxy groups -OCH3 is 2. The van der Waals surface area contributed by atoms with Gasteiger partial charge >= 0.3 is 0 Å². The molecule has 3 N–H and O–H groups in total. The Morgan fingerprint density at radius 3 is 2.63 bits per heavy atom. The first-order chi connectivity index (χ1) is 9.10. The molecule has 19 heavy (non-hydrogen) atoms. The van der Waals surface area contributed by atoms with Crippen molar-refractivity contribution in [3.8, 4) is 5.75 Å². The van der Waals surface area contributed by atoms with Gasteiger partial charge in [-0.3, -0.25) is 11.3 Å². The Morgan fingerprint density at radius 2 is 2.11 bits per heavy atom. The molecular weight excluding hydrogens is 308 g/mol. The van der Waals surface area contributed by atoms with Crippen LogP contribution in [-0.2, 0) is 11.2 Å². The average Bonchev–Trinajstić information content (AvgIpc) is 2.38. The van der Waals surface area contributed by atoms with Gasteiger partial charge in [-0.1, -0.05) is 13.0 Å². The highest BCUT2D eigenvalue weighted by Gasteiger charge is 2.13. The lowest BCUT2D eigenvalue weighted by Crippen LogP contribution is -2.38. The van der Waals surface area contributed by atoms with E-state index in [1.54, 1.807) is 14.2 Å². The molecule has 0 fully saturated rings. The average molecular weight is 331 g/mol. The second kappa shape index (κ2) is 8.53. The van der Waals surface area contributed by atoms with Crippen molar-refractivity contribution in [2.24, 2.45) is 11.8 Å². The fourth-order valence-electron chi connectivity index (χ4n) is 2.17. The van der Waals surface area contributed by atoms with Crippen molar-refractivity contribution in [2.45, 2.75) is 25.8 Å². The van der Waals surface area contributed by atoms with E-state index in [9.17, 15) is 0 Å². The minimum Gasteiger partial charge on any atom is -0.496 e. The molecule has 108 valence electrons. The van der Waals surface area contributed by atoms with Gasteiger partial charge in [0, 0.05) is 19.8 Å². The molecule has 0 aliphatic carbocycles. The zero-order valence-electron chi connectivity index (χ0n) is 11.8. The molecule has 1 aromatic carbocycles. The SMILES string of the molecule is COCC(C)CC(Cc1ccc(OC)c(Br)c1)NN. The first-order valence-corrected chi connectivity index (χ1v) is 7.17. The third-order valence-electron chi connectivity index (χ3n) is 3.07. The lowest BCUT2D eigenvalue weighted by Gasteiger charge is -2.20. The summed E-state index contributed by atoms with van der Waals surface area (Å²) in [6.45, 7) is 2.92. The Hall–Kier alpha value is -0.620. The molecule has 0 saturated carbocycles. The van der Waals surface area contributed by atoms with E-state index >= 15 is 0 Å². The van der Waals surface area contributed by atoms with Crippen LogP contribution in [0.4, 0.5) is 0 Å². The molecule has 0 heterocycles. The number of hydrogen-bond acceptors (Lipinski definition) is 4. The number of benzene rings is 1. The normalized spacial score (nSPS) is 14.2. The Bertz CT molecular complexity index is 388. The van der Waals surface area contributed by atoms with Gasteiger partial charge in [-0.05, 0) is 52.4 Å². The number of nitrogens with two attached hydrogens (primary N) is 1. The van der Waals surface area contributed by atoms with E-state index in [4.69, 9.17) is 15.3 Å². The highest BCUT2D eigenvalue weighted by molar-refractivity contribution is 9.10. The smallest absolute Gasteiger partial charge is 0.133 e. The van der Waals surface area contributed by atoms with Crippen molar-refractivity contribution in [3.63, 3.8) is 0 Å². The van der Waals surface area contributed by atoms with Crippen LogP contribution in [0.5, 0.6) is 5.75 Å². The topological polar surface area (TPSA) is 56.5 Å². The van der Waals surface area contributed by atoms with Crippen LogP contribution in [0, 0.1) is 5.92 Å². The second-order valence-corrected chi connectivity index (χ2v) is 5.69. The first kappa shape index (κ1) is 16.4. The molecule has 4 nitrogen and oxygen atoms in total. The molecule has 0 bridgehead atoms. The molecule has 0 aliphatic heterocycles. The molecule has 0 aromatic heterocycles. The molecule has 2 atom stereocenters. The number of rotatable bonds is 8. The minimum absolute atomic E-state index is 0.241. The summed E-state index contributed by atoms with van der Waals surface area (Å²) in [6.07, 6.45) is 1.86. The van der Waals surface area contributed by atoms with Gasteiger partial charge in [0.25, 0.3) is 0 Å². The van der Waals surface area contributed by atoms with E-state index in [1.165, 1.54) is 5.56 Å². The zero-order chi connectivity index (χ0) is 14.3. The maximum atomic E-state index is 5.63. The largest absolute Gasteiger partial charge is 0.496 e. The fourth-order valence-corrected chi connectivity index (χ4v) is 2.76. The van der Waals surface area contributed by atoms with Crippen LogP contribution in [0.2, 0.25) is 0 Å². The van der Waals surface area contributed by atoms with Crippen LogP contribution in [0.25, 0.3) is 0 Å². The lowest BCUT2D eigenvalue weighted by atomic mass is 9.97. The summed E-state index contributed by atoms with van der Waals surface area (Å²) in [4.78, 5) is 0. The molecule has 0 spiro atoms. The van der Waals surface area contributed by atoms with Gasteiger partial charge in [0.1, 0.15) is 5.75 Å². The van der Waals surface area contributed by atoms with Crippen molar-refractivity contribution in [3.05, 3.63) is 28.2 Å². The predicted octanol–water partition coefficient (Wildman–Crippen LogP) is 2.50. The minimum atomic E-state index is 0.241. The van der Waals surface area contributed by atoms with E-state index in [0.717, 1.165) is 29.7 Å². The quantitative estimate of drug-likeness (QED) is 0.568. The number of hydrazine groups is 1. The van der Waals surface area contributed by atoms with E-state index in [-0.39, 0.29) is 6.04 Å². The van der Waals surface area contributed by atoms with Gasteiger partial charge in [0.05, 0.1) is 11.6 Å². The number of halogens is 1. The molecule has 1 aromatic rings. The van der Waals surface area contributed by atoms with Crippen molar-refractivity contribution in [1.82, 2.24) is 5.43 Å². The summed E-state index contributed by atoms with van der Waals surface area (Å²) in [5, 5.41) is 0. The van der Waals surface area contributed by atoms with Crippen LogP contribution in [-0.4, -0.2) is 26.9 Å². The van der Waals surface area contributed by atoms with Gasteiger partial charge < -0.3 is 9.47 Å². The Kier molecular flexibility index (Phi) is 7.38. The Balaban J connectivity index is 2.62. The van der Waals surface area contributed by atoms with Crippen molar-refractivity contribution >= 4 is 15.9 Å². The summed E-state index contributed by atoms with van der Waals surface area (Å²) >= 11 is 3.50. The summed E-state index contributed by atoms with van der Waals surface area (Å²) in [6, 6.07) is 6.34. The Morgan fingerprint density at radius 1 is 1.37 bits per heavy atom. The van der Waals surface area contributed by atoms with E-state index in [2.05, 4.69) is 40.4 Å². The summed E-state index contributed by atoms with van der Waals surface area (Å²) in [5.41, 5.74) is 4.11. The van der Waals surface area contributed by atoms with Crippen molar-refractivity contribution in [1.29, 1.82) is 0 Å². The lowest BCUT2D eigenvalue weighted by molar-refractivity contribution is 0.149. The molecule has 0 aliphatic rings. The van der Waals surface area contributed by atoms with Gasteiger partial charge in [-0.25, -0.2) is 0 Å². The first-order valence-electron chi connectivity index (χ1n) is 6.38. The molecule has 0 saturated heterocycles. The number of ether oxygens (including phenoxy) is 2. The molecule has 5 heteroatoms. The van der Waals surface area contributed by atoms with Crippen LogP contribution in [0.15, 0.2) is 22.7 Å². The van der Waals surface area contributed by atoms with Gasteiger partial charge in [-0.15, -0.1) is 0 Å². The molecular formula is C14H23BrN2O2. The van der Waals surface area contributed by atoms with Crippen LogP contribution in [0.1, 0.15) is 18.9 Å². The predicted molar refractivity (Wildman–Crippen MR) is 81.2 cm³/mol. The van der Waals surface area contributed by atoms with E-state index in [1.807, 2.05) is 6.07 Å². The number of hydrogen-bond donors (Lipinski definition) is 2. The molecule has 2 unspecified atom stereocenters. The molecule has 0 radical (unpaired) electrons. The Labute approximate surface area is 123 Å². The monoisotopic (exact) mass is 330 g/mol. The highest BCUT2D eigenvalue weighted by atomic mass is 79.9. The third-order valence-corrected chi connectivity index (χ3v) is 3.69. The van der Waals surface area contributed by atoms with Gasteiger partial charge in [0.15, 0.2) is 0 Å².